The van der Waals surface area contributed by atoms with Crippen LogP contribution in [-0.2, 0) is 0 Å². The van der Waals surface area contributed by atoms with E-state index in [9.17, 15) is 4.91 Å². The van der Waals surface area contributed by atoms with Gasteiger partial charge in [-0.05, 0) is 0 Å². The van der Waals surface area contributed by atoms with Crippen LogP contribution in [0, 0.1) is 4.91 Å². The largest absolute Gasteiger partial charge is 0.225 e. The normalized spacial score (nSPS) is 8.88. The van der Waals surface area contributed by atoms with Gasteiger partial charge in [0, 0.05) is 6.42 Å². The van der Waals surface area contributed by atoms with Crippen LogP contribution in [0.15, 0.2) is 0 Å². The van der Waals surface area contributed by atoms with Crippen LogP contribution in [-0.4, -0.2) is 30.5 Å². The van der Waals surface area contributed by atoms with E-state index in [-0.39, 0.29) is 0 Å². The highest BCUT2D eigenvalue weighted by molar-refractivity contribution is 4.17. The molecule has 0 saturated carbocycles. The Morgan fingerprint density at radius 2 is 2.00 bits per heavy atom. The van der Waals surface area contributed by atoms with Gasteiger partial charge in [-0.3, -0.25) is 0 Å². The summed E-state index contributed by atoms with van der Waals surface area (Å²) < 4.78 is 0. The average molecular weight is 117 g/mol. The van der Waals surface area contributed by atoms with E-state index >= 15 is 0 Å². The maximum atomic E-state index is 10.6. The van der Waals surface area contributed by atoms with E-state index in [2.05, 4.69) is 0 Å². The molecule has 3 heteroatoms. The van der Waals surface area contributed by atoms with Gasteiger partial charge >= 0.3 is 0 Å². The zero-order valence-corrected chi connectivity index (χ0v) is 5.72. The van der Waals surface area contributed by atoms with Crippen molar-refractivity contribution in [2.24, 2.45) is 0 Å². The van der Waals surface area contributed by atoms with E-state index < -0.39 is 0 Å². The topological polar surface area (TPSA) is 23.3 Å². The second-order valence-corrected chi connectivity index (χ2v) is 1.92. The molecule has 48 valence electrons. The predicted molar refractivity (Wildman–Crippen MR) is 32.5 cm³/mol. The molecule has 0 bridgehead atoms. The molecule has 0 saturated heterocycles. The fraction of sp³-hybridized carbons (Fsp3) is 1.00. The predicted octanol–water partition coefficient (Wildman–Crippen LogP) is 0.652. The summed E-state index contributed by atoms with van der Waals surface area (Å²) in [4.78, 5) is 11.5. The highest BCUT2D eigenvalue weighted by atomic mass is 16.3. The van der Waals surface area contributed by atoms with Crippen LogP contribution in [0.25, 0.3) is 0 Å². The summed E-state index contributed by atoms with van der Waals surface area (Å²) >= 11 is 0. The van der Waals surface area contributed by atoms with Gasteiger partial charge in [-0.1, -0.05) is 6.92 Å². The molecule has 0 N–H and O–H groups in total. The molecule has 0 atom stereocenters. The van der Waals surface area contributed by atoms with Gasteiger partial charge in [-0.15, -0.1) is 5.01 Å². The van der Waals surface area contributed by atoms with E-state index in [1.54, 1.807) is 14.1 Å². The molecule has 0 heterocycles. The van der Waals surface area contributed by atoms with Crippen molar-refractivity contribution in [2.75, 3.05) is 20.6 Å². The Hall–Kier alpha value is -0.600. The van der Waals surface area contributed by atoms with Gasteiger partial charge < -0.3 is 0 Å². The zero-order chi connectivity index (χ0) is 6.57. The van der Waals surface area contributed by atoms with Crippen molar-refractivity contribution in [3.05, 3.63) is 4.91 Å². The van der Waals surface area contributed by atoms with Crippen LogP contribution in [0.1, 0.15) is 13.3 Å². The van der Waals surface area contributed by atoms with Crippen LogP contribution >= 0.6 is 0 Å². The van der Waals surface area contributed by atoms with E-state index in [0.717, 1.165) is 11.3 Å². The minimum absolute atomic E-state index is 0.590. The summed E-state index contributed by atoms with van der Waals surface area (Å²) in [5.74, 6) is 0. The summed E-state index contributed by atoms with van der Waals surface area (Å²) in [5.41, 5.74) is 0. The van der Waals surface area contributed by atoms with Crippen molar-refractivity contribution in [1.82, 2.24) is 5.01 Å². The Labute approximate surface area is 49.8 Å². The minimum atomic E-state index is 0.590. The maximum Gasteiger partial charge on any atom is 0.225 e. The summed E-state index contributed by atoms with van der Waals surface area (Å²) in [6.07, 6.45) is 0.904. The first-order valence-electron chi connectivity index (χ1n) is 2.80. The molecule has 0 aliphatic heterocycles. The first kappa shape index (κ1) is 7.40. The average Bonchev–Trinajstić information content (AvgIpc) is 1.67. The van der Waals surface area contributed by atoms with Gasteiger partial charge in [0.25, 0.3) is 0 Å². The molecule has 0 rings (SSSR count). The Morgan fingerprint density at radius 3 is 2.12 bits per heavy atom. The third kappa shape index (κ3) is 2.55. The van der Waals surface area contributed by atoms with Gasteiger partial charge in [0.05, 0.1) is 19.0 Å². The van der Waals surface area contributed by atoms with Crippen LogP contribution in [0.3, 0.4) is 0 Å². The van der Waals surface area contributed by atoms with Gasteiger partial charge in [0.2, 0.25) is 6.54 Å². The lowest BCUT2D eigenvalue weighted by atomic mass is 10.5. The third-order valence-corrected chi connectivity index (χ3v) is 0.861. The minimum Gasteiger partial charge on any atom is -0.147 e. The van der Waals surface area contributed by atoms with Gasteiger partial charge in [0.1, 0.15) is 4.87 Å². The zero-order valence-electron chi connectivity index (χ0n) is 5.72. The Kier molecular flexibility index (Phi) is 3.15. The molecule has 0 unspecified atom stereocenters. The van der Waals surface area contributed by atoms with E-state index in [4.69, 9.17) is 0 Å². The van der Waals surface area contributed by atoms with Crippen molar-refractivity contribution in [2.45, 2.75) is 13.3 Å². The smallest absolute Gasteiger partial charge is 0.147 e. The second kappa shape index (κ2) is 3.41. The summed E-state index contributed by atoms with van der Waals surface area (Å²) in [7, 11) is 3.48. The molecule has 3 nitrogen and oxygen atoms in total. The Bertz CT molecular complexity index is 80.5. The molecule has 8 heavy (non-hydrogen) atoms. The number of hydrogen-bond donors (Lipinski definition) is 0. The molecule has 0 amide bonds. The van der Waals surface area contributed by atoms with Gasteiger partial charge in [-0.25, -0.2) is 0 Å². The second-order valence-electron chi connectivity index (χ2n) is 1.92. The molecule has 0 fully saturated rings. The van der Waals surface area contributed by atoms with E-state index in [0.29, 0.717) is 6.54 Å². The van der Waals surface area contributed by atoms with Crippen molar-refractivity contribution in [3.8, 4) is 0 Å². The summed E-state index contributed by atoms with van der Waals surface area (Å²) in [6.45, 7) is 2.57. The number of hydrazine groups is 1. The standard InChI is InChI=1S/C5H13N2O/c1-4-5-7(8)6(2)3/h4-5H2,1-3H3/q+1. The van der Waals surface area contributed by atoms with Crippen LogP contribution in [0.2, 0.25) is 0 Å². The molecular formula is C5H13N2O+. The molecular weight excluding hydrogens is 104 g/mol. The van der Waals surface area contributed by atoms with Crippen molar-refractivity contribution >= 4 is 0 Å². The van der Waals surface area contributed by atoms with Gasteiger partial charge in [0.15, 0.2) is 0 Å². The monoisotopic (exact) mass is 117 g/mol. The lowest BCUT2D eigenvalue weighted by Gasteiger charge is -1.97. The van der Waals surface area contributed by atoms with Gasteiger partial charge in [-0.2, -0.15) is 0 Å². The molecule has 0 aromatic rings. The van der Waals surface area contributed by atoms with Crippen molar-refractivity contribution < 1.29 is 4.87 Å². The molecule has 0 aromatic heterocycles. The van der Waals surface area contributed by atoms with E-state index in [1.165, 1.54) is 5.01 Å². The lowest BCUT2D eigenvalue weighted by Crippen LogP contribution is -2.25. The lowest BCUT2D eigenvalue weighted by molar-refractivity contribution is -0.696. The van der Waals surface area contributed by atoms with Crippen LogP contribution in [0.5, 0.6) is 0 Å². The number of nitroso groups, excluding NO2 is 1. The molecule has 0 radical (unpaired) electrons. The quantitative estimate of drug-likeness (QED) is 0.400. The number of hydrogen-bond acceptors (Lipinski definition) is 1. The first-order valence-corrected chi connectivity index (χ1v) is 2.80. The fourth-order valence-corrected chi connectivity index (χ4v) is 0.391. The van der Waals surface area contributed by atoms with Crippen LogP contribution in [0.4, 0.5) is 0 Å². The number of rotatable bonds is 3. The van der Waals surface area contributed by atoms with Crippen molar-refractivity contribution in [3.63, 3.8) is 0 Å². The first-order chi connectivity index (χ1) is 3.68. The number of nitrogens with zero attached hydrogens (tertiary/aromatic N) is 2. The molecule has 0 spiro atoms. The van der Waals surface area contributed by atoms with E-state index in [1.807, 2.05) is 6.92 Å². The highest BCUT2D eigenvalue weighted by Crippen LogP contribution is 1.80. The Morgan fingerprint density at radius 1 is 1.50 bits per heavy atom. The summed E-state index contributed by atoms with van der Waals surface area (Å²) in [5, 5.41) is 1.53. The van der Waals surface area contributed by atoms with Crippen LogP contribution < -0.4 is 0 Å². The third-order valence-electron chi connectivity index (χ3n) is 0.861. The molecule has 0 aromatic carbocycles. The summed E-state index contributed by atoms with van der Waals surface area (Å²) in [6, 6.07) is 0. The van der Waals surface area contributed by atoms with Crippen molar-refractivity contribution in [1.29, 1.82) is 0 Å². The Balaban J connectivity index is 3.33. The molecule has 0 aliphatic rings. The highest BCUT2D eigenvalue weighted by Gasteiger charge is 2.05. The fourth-order valence-electron chi connectivity index (χ4n) is 0.391. The SMILES string of the molecule is CCC[N+](=O)N(C)C. The molecule has 0 aliphatic carbocycles. The maximum absolute atomic E-state index is 10.6.